The van der Waals surface area contributed by atoms with Crippen molar-refractivity contribution in [1.29, 1.82) is 0 Å². The highest BCUT2D eigenvalue weighted by Gasteiger charge is 2.11. The molecule has 3 amide bonds. The fourth-order valence-electron chi connectivity index (χ4n) is 2.00. The van der Waals surface area contributed by atoms with Gasteiger partial charge in [-0.2, -0.15) is 0 Å². The maximum Gasteiger partial charge on any atom is 0.269 e. The SMILES string of the molecule is Cc1ccc(C(=O)NNC(=O)CCC(=O)Nc2ccccc2Cl)cc1Br. The zero-order valence-corrected chi connectivity index (χ0v) is 16.3. The predicted octanol–water partition coefficient (Wildman–Crippen LogP) is 3.59. The molecule has 8 heteroatoms. The Morgan fingerprint density at radius 3 is 2.38 bits per heavy atom. The lowest BCUT2D eigenvalue weighted by Gasteiger charge is -2.09. The van der Waals surface area contributed by atoms with Gasteiger partial charge in [0.25, 0.3) is 5.91 Å². The Balaban J connectivity index is 1.76. The lowest BCUT2D eigenvalue weighted by molar-refractivity contribution is -0.124. The summed E-state index contributed by atoms with van der Waals surface area (Å²) in [5.41, 5.74) is 6.48. The van der Waals surface area contributed by atoms with E-state index in [9.17, 15) is 14.4 Å². The molecule has 0 heterocycles. The summed E-state index contributed by atoms with van der Waals surface area (Å²) in [6, 6.07) is 11.9. The molecule has 0 aliphatic rings. The van der Waals surface area contributed by atoms with Gasteiger partial charge in [-0.1, -0.05) is 45.7 Å². The van der Waals surface area contributed by atoms with Gasteiger partial charge in [-0.15, -0.1) is 0 Å². The van der Waals surface area contributed by atoms with Crippen molar-refractivity contribution in [3.8, 4) is 0 Å². The first kappa shape index (κ1) is 19.9. The lowest BCUT2D eigenvalue weighted by Crippen LogP contribution is -2.41. The van der Waals surface area contributed by atoms with Gasteiger partial charge in [-0.3, -0.25) is 25.2 Å². The first-order valence-electron chi connectivity index (χ1n) is 7.76. The second-order valence-corrected chi connectivity index (χ2v) is 6.76. The molecule has 0 saturated carbocycles. The van der Waals surface area contributed by atoms with Crippen LogP contribution < -0.4 is 16.2 Å². The molecule has 0 unspecified atom stereocenters. The van der Waals surface area contributed by atoms with Crippen LogP contribution in [0.2, 0.25) is 5.02 Å². The summed E-state index contributed by atoms with van der Waals surface area (Å²) in [6.07, 6.45) is -0.114. The highest BCUT2D eigenvalue weighted by atomic mass is 79.9. The van der Waals surface area contributed by atoms with E-state index in [0.717, 1.165) is 10.0 Å². The highest BCUT2D eigenvalue weighted by molar-refractivity contribution is 9.10. The molecular formula is C18H17BrClN3O3. The molecular weight excluding hydrogens is 422 g/mol. The summed E-state index contributed by atoms with van der Waals surface area (Å²) < 4.78 is 0.799. The molecule has 136 valence electrons. The number of halogens is 2. The number of carbonyl (C=O) groups excluding carboxylic acids is 3. The Labute approximate surface area is 164 Å². The van der Waals surface area contributed by atoms with Gasteiger partial charge in [0.1, 0.15) is 0 Å². The van der Waals surface area contributed by atoms with E-state index < -0.39 is 11.8 Å². The molecule has 0 atom stereocenters. The standard InChI is InChI=1S/C18H17BrClN3O3/c1-11-6-7-12(10-13(11)19)18(26)23-22-17(25)9-8-16(24)21-15-5-3-2-4-14(15)20/h2-7,10H,8-9H2,1H3,(H,21,24)(H,22,25)(H,23,26). The summed E-state index contributed by atoms with van der Waals surface area (Å²) in [7, 11) is 0. The second kappa shape index (κ2) is 9.35. The zero-order valence-electron chi connectivity index (χ0n) is 13.9. The fraction of sp³-hybridized carbons (Fsp3) is 0.167. The van der Waals surface area contributed by atoms with Crippen LogP contribution in [-0.2, 0) is 9.59 Å². The molecule has 2 aromatic carbocycles. The first-order chi connectivity index (χ1) is 12.4. The monoisotopic (exact) mass is 437 g/mol. The molecule has 26 heavy (non-hydrogen) atoms. The van der Waals surface area contributed by atoms with Crippen LogP contribution in [0.4, 0.5) is 5.69 Å². The number of hydrogen-bond acceptors (Lipinski definition) is 3. The number of hydrogen-bond donors (Lipinski definition) is 3. The molecule has 3 N–H and O–H groups in total. The normalized spacial score (nSPS) is 10.1. The van der Waals surface area contributed by atoms with Crippen molar-refractivity contribution in [2.24, 2.45) is 0 Å². The van der Waals surface area contributed by atoms with E-state index in [4.69, 9.17) is 11.6 Å². The molecule has 0 aliphatic carbocycles. The molecule has 0 bridgehead atoms. The Kier molecular flexibility index (Phi) is 7.17. The number of para-hydroxylation sites is 1. The summed E-state index contributed by atoms with van der Waals surface area (Å²) in [6.45, 7) is 1.90. The van der Waals surface area contributed by atoms with Gasteiger partial charge in [-0.05, 0) is 36.8 Å². The van der Waals surface area contributed by atoms with Crippen LogP contribution in [0.5, 0.6) is 0 Å². The van der Waals surface area contributed by atoms with Crippen molar-refractivity contribution < 1.29 is 14.4 Å². The number of hydrazine groups is 1. The quantitative estimate of drug-likeness (QED) is 0.624. The fourth-order valence-corrected chi connectivity index (χ4v) is 2.56. The average Bonchev–Trinajstić information content (AvgIpc) is 2.62. The van der Waals surface area contributed by atoms with Crippen LogP contribution in [0.25, 0.3) is 0 Å². The molecule has 0 radical (unpaired) electrons. The second-order valence-electron chi connectivity index (χ2n) is 5.49. The van der Waals surface area contributed by atoms with Crippen LogP contribution in [0, 0.1) is 6.92 Å². The van der Waals surface area contributed by atoms with Gasteiger partial charge >= 0.3 is 0 Å². The van der Waals surface area contributed by atoms with Crippen molar-refractivity contribution in [1.82, 2.24) is 10.9 Å². The van der Waals surface area contributed by atoms with Crippen molar-refractivity contribution in [2.45, 2.75) is 19.8 Å². The summed E-state index contributed by atoms with van der Waals surface area (Å²) >= 11 is 9.30. The summed E-state index contributed by atoms with van der Waals surface area (Å²) in [5.74, 6) is -1.26. The summed E-state index contributed by atoms with van der Waals surface area (Å²) in [5, 5.41) is 3.04. The van der Waals surface area contributed by atoms with Gasteiger partial charge in [0.2, 0.25) is 11.8 Å². The van der Waals surface area contributed by atoms with E-state index in [1.54, 1.807) is 42.5 Å². The number of benzene rings is 2. The van der Waals surface area contributed by atoms with Crippen LogP contribution in [0.3, 0.4) is 0 Å². The van der Waals surface area contributed by atoms with E-state index in [0.29, 0.717) is 16.3 Å². The van der Waals surface area contributed by atoms with Crippen molar-refractivity contribution in [3.05, 3.63) is 63.1 Å². The third kappa shape index (κ3) is 5.86. The van der Waals surface area contributed by atoms with E-state index in [1.807, 2.05) is 6.92 Å². The third-order valence-corrected chi connectivity index (χ3v) is 4.66. The minimum atomic E-state index is -0.473. The molecule has 0 aliphatic heterocycles. The van der Waals surface area contributed by atoms with E-state index >= 15 is 0 Å². The van der Waals surface area contributed by atoms with Crippen molar-refractivity contribution in [2.75, 3.05) is 5.32 Å². The van der Waals surface area contributed by atoms with Gasteiger partial charge in [0.05, 0.1) is 10.7 Å². The Bertz CT molecular complexity index is 842. The smallest absolute Gasteiger partial charge is 0.269 e. The topological polar surface area (TPSA) is 87.3 Å². The minimum absolute atomic E-state index is 0.0387. The number of amides is 3. The largest absolute Gasteiger partial charge is 0.325 e. The number of aryl methyl sites for hydroxylation is 1. The van der Waals surface area contributed by atoms with Crippen LogP contribution in [-0.4, -0.2) is 17.7 Å². The summed E-state index contributed by atoms with van der Waals surface area (Å²) in [4.78, 5) is 35.6. The molecule has 0 saturated heterocycles. The van der Waals surface area contributed by atoms with E-state index in [-0.39, 0.29) is 18.7 Å². The van der Waals surface area contributed by atoms with E-state index in [2.05, 4.69) is 32.1 Å². The number of nitrogens with one attached hydrogen (secondary N) is 3. The predicted molar refractivity (Wildman–Crippen MR) is 104 cm³/mol. The van der Waals surface area contributed by atoms with Crippen molar-refractivity contribution in [3.63, 3.8) is 0 Å². The zero-order chi connectivity index (χ0) is 19.1. The van der Waals surface area contributed by atoms with Crippen molar-refractivity contribution >= 4 is 50.9 Å². The molecule has 2 aromatic rings. The number of rotatable bonds is 5. The first-order valence-corrected chi connectivity index (χ1v) is 8.93. The maximum absolute atomic E-state index is 12.0. The Morgan fingerprint density at radius 2 is 1.69 bits per heavy atom. The Hall–Kier alpha value is -2.38. The maximum atomic E-state index is 12.0. The van der Waals surface area contributed by atoms with Gasteiger partial charge in [-0.25, -0.2) is 0 Å². The highest BCUT2D eigenvalue weighted by Crippen LogP contribution is 2.20. The third-order valence-electron chi connectivity index (χ3n) is 3.48. The van der Waals surface area contributed by atoms with Gasteiger partial charge in [0, 0.05) is 22.9 Å². The molecule has 2 rings (SSSR count). The molecule has 0 fully saturated rings. The molecule has 6 nitrogen and oxygen atoms in total. The number of carbonyl (C=O) groups is 3. The average molecular weight is 439 g/mol. The van der Waals surface area contributed by atoms with Crippen LogP contribution >= 0.6 is 27.5 Å². The van der Waals surface area contributed by atoms with Gasteiger partial charge in [0.15, 0.2) is 0 Å². The minimum Gasteiger partial charge on any atom is -0.325 e. The van der Waals surface area contributed by atoms with E-state index in [1.165, 1.54) is 0 Å². The van der Waals surface area contributed by atoms with Gasteiger partial charge < -0.3 is 5.32 Å². The van der Waals surface area contributed by atoms with Crippen LogP contribution in [0.1, 0.15) is 28.8 Å². The Morgan fingerprint density at radius 1 is 1.00 bits per heavy atom. The molecule has 0 spiro atoms. The lowest BCUT2D eigenvalue weighted by atomic mass is 10.1. The molecule has 0 aromatic heterocycles. The number of anilines is 1. The van der Waals surface area contributed by atoms with Crippen LogP contribution in [0.15, 0.2) is 46.9 Å².